The lowest BCUT2D eigenvalue weighted by molar-refractivity contribution is -0.416. The van der Waals surface area contributed by atoms with Crippen LogP contribution in [-0.4, -0.2) is 122 Å². The van der Waals surface area contributed by atoms with Gasteiger partial charge in [-0.05, 0) is 86.3 Å². The third-order valence-corrected chi connectivity index (χ3v) is 17.8. The molecule has 0 unspecified atom stereocenters. The zero-order valence-electron chi connectivity index (χ0n) is 33.7. The number of benzene rings is 1. The van der Waals surface area contributed by atoms with Gasteiger partial charge in [0.25, 0.3) is 0 Å². The van der Waals surface area contributed by atoms with Gasteiger partial charge in [0.15, 0.2) is 16.9 Å². The van der Waals surface area contributed by atoms with Crippen molar-refractivity contribution in [2.24, 2.45) is 35.0 Å². The van der Waals surface area contributed by atoms with Crippen molar-refractivity contribution >= 4 is 38.5 Å². The number of aliphatic hydroxyl groups excluding tert-OH is 4. The van der Waals surface area contributed by atoms with Crippen LogP contribution in [0.15, 0.2) is 35.0 Å². The number of hydrogen-bond donors (Lipinski definition) is 7. The van der Waals surface area contributed by atoms with Crippen LogP contribution in [0.2, 0.25) is 0 Å². The molecule has 4 aliphatic carbocycles. The van der Waals surface area contributed by atoms with Gasteiger partial charge in [0.1, 0.15) is 23.9 Å². The van der Waals surface area contributed by atoms with Crippen LogP contribution in [0.25, 0.3) is 11.0 Å². The fourth-order valence-electron chi connectivity index (χ4n) is 11.6. The molecule has 58 heavy (non-hydrogen) atoms. The number of aryl methyl sites for hydroxylation is 1. The van der Waals surface area contributed by atoms with E-state index in [9.17, 15) is 35.4 Å². The zero-order chi connectivity index (χ0) is 41.0. The van der Waals surface area contributed by atoms with Crippen molar-refractivity contribution in [1.82, 2.24) is 5.32 Å². The first-order chi connectivity index (χ1) is 27.8. The zero-order valence-corrected chi connectivity index (χ0v) is 35.3. The summed E-state index contributed by atoms with van der Waals surface area (Å²) in [5.74, 6) is -1.64. The smallest absolute Gasteiger partial charge is 0.306 e. The number of furan rings is 1. The molecule has 3 saturated carbocycles. The Hall–Kier alpha value is -2.05. The molecule has 3 heterocycles. The lowest BCUT2D eigenvalue weighted by atomic mass is 9.51. The van der Waals surface area contributed by atoms with Crippen LogP contribution in [0.5, 0.6) is 11.5 Å². The summed E-state index contributed by atoms with van der Waals surface area (Å²) < 4.78 is 31.6. The molecule has 322 valence electrons. The fraction of sp³-hybridized carbons (Fsp3) is 0.744. The second kappa shape index (κ2) is 16.7. The lowest BCUT2D eigenvalue weighted by Gasteiger charge is -2.66. The molecule has 1 aromatic carbocycles. The maximum Gasteiger partial charge on any atom is 0.306 e. The number of carbonyl (C=O) groups is 1. The Morgan fingerprint density at radius 3 is 2.62 bits per heavy atom. The second-order valence-electron chi connectivity index (χ2n) is 18.1. The number of allylic oxidation sites excluding steroid dienone is 1. The third kappa shape index (κ3) is 7.00. The summed E-state index contributed by atoms with van der Waals surface area (Å²) in [4.78, 5) is 12.7. The molecular formula is C43H61NO12S2. The van der Waals surface area contributed by atoms with Crippen molar-refractivity contribution in [2.45, 2.75) is 125 Å². The van der Waals surface area contributed by atoms with E-state index >= 15 is 0 Å². The summed E-state index contributed by atoms with van der Waals surface area (Å²) >= 11 is 0. The molecule has 0 radical (unpaired) electrons. The summed E-state index contributed by atoms with van der Waals surface area (Å²) in [7, 11) is 3.26. The first-order valence-corrected chi connectivity index (χ1v) is 23.6. The van der Waals surface area contributed by atoms with E-state index in [2.05, 4.69) is 19.2 Å². The number of rotatable bonds is 7. The monoisotopic (exact) mass is 847 g/mol. The Balaban J connectivity index is 1.28. The first-order valence-electron chi connectivity index (χ1n) is 21.2. The van der Waals surface area contributed by atoms with E-state index in [0.29, 0.717) is 34.9 Å². The van der Waals surface area contributed by atoms with Gasteiger partial charge in [0, 0.05) is 53.8 Å². The normalized spacial score (nSPS) is 39.8. The highest BCUT2D eigenvalue weighted by atomic mass is 33.1. The van der Waals surface area contributed by atoms with Crippen molar-refractivity contribution in [3.8, 4) is 11.5 Å². The Kier molecular flexibility index (Phi) is 12.3. The van der Waals surface area contributed by atoms with E-state index in [0.717, 1.165) is 25.7 Å². The largest absolute Gasteiger partial charge is 0.485 e. The first kappa shape index (κ1) is 42.6. The Labute approximate surface area is 348 Å². The molecule has 1 aromatic heterocycles. The summed E-state index contributed by atoms with van der Waals surface area (Å²) in [5, 5.41) is 76.5. The second-order valence-corrected chi connectivity index (χ2v) is 20.6. The minimum Gasteiger partial charge on any atom is -0.485 e. The summed E-state index contributed by atoms with van der Waals surface area (Å²) in [6, 6.07) is 3.74. The molecule has 7 N–H and O–H groups in total. The van der Waals surface area contributed by atoms with Crippen LogP contribution in [-0.2, 0) is 20.7 Å². The van der Waals surface area contributed by atoms with E-state index in [1.54, 1.807) is 35.9 Å². The van der Waals surface area contributed by atoms with Gasteiger partial charge in [-0.3, -0.25) is 4.79 Å². The SMILES string of the molecule is CCOC(=O)CCc1cc2ccoc2c2c1O[C@H]1O[C@@](CO)(CSS[C@H]3[C@H](C[C@@H](C(C)C)CC34CCCC4)NCCO2)[C@]2(O)C[C@@H]3C=C[C@@H](O)[C@H](CO)[C@@H]3[C@]1(O)[C@H]2O. The maximum absolute atomic E-state index is 13.1. The highest BCUT2D eigenvalue weighted by molar-refractivity contribution is 8.77. The lowest BCUT2D eigenvalue weighted by Crippen LogP contribution is -2.85. The van der Waals surface area contributed by atoms with Crippen molar-refractivity contribution < 1.29 is 58.8 Å². The number of hydrogen-bond acceptors (Lipinski definition) is 15. The van der Waals surface area contributed by atoms with Gasteiger partial charge < -0.3 is 59.3 Å². The minimum atomic E-state index is -2.43. The fourth-order valence-corrected chi connectivity index (χ4v) is 15.5. The quantitative estimate of drug-likeness (QED) is 0.119. The molecule has 1 spiro atoms. The molecule has 8 rings (SSSR count). The van der Waals surface area contributed by atoms with Crippen molar-refractivity contribution in [3.63, 3.8) is 0 Å². The number of aliphatic hydroxyl groups is 6. The van der Waals surface area contributed by atoms with E-state index in [1.807, 2.05) is 6.07 Å². The summed E-state index contributed by atoms with van der Waals surface area (Å²) in [6.45, 7) is 6.06. The van der Waals surface area contributed by atoms with E-state index < -0.39 is 72.2 Å². The van der Waals surface area contributed by atoms with Crippen LogP contribution in [0, 0.1) is 35.0 Å². The Bertz CT molecular complexity index is 1820. The molecule has 6 aliphatic rings. The summed E-state index contributed by atoms with van der Waals surface area (Å²) in [6.07, 6.45) is 6.66. The number of fused-ring (bicyclic) bond motifs is 13. The third-order valence-electron chi connectivity index (χ3n) is 14.7. The number of carbonyl (C=O) groups excluding carboxylic acids is 1. The van der Waals surface area contributed by atoms with Crippen LogP contribution in [0.3, 0.4) is 0 Å². The molecule has 1 saturated heterocycles. The maximum atomic E-state index is 13.1. The molecule has 0 amide bonds. The van der Waals surface area contributed by atoms with Gasteiger partial charge in [0.05, 0.1) is 25.6 Å². The average Bonchev–Trinajstić information content (AvgIpc) is 3.87. The highest BCUT2D eigenvalue weighted by Crippen LogP contribution is 2.62. The number of esters is 1. The van der Waals surface area contributed by atoms with Gasteiger partial charge in [-0.15, -0.1) is 0 Å². The molecular weight excluding hydrogens is 787 g/mol. The number of nitrogens with one attached hydrogen (secondary N) is 1. The van der Waals surface area contributed by atoms with E-state index in [4.69, 9.17) is 23.4 Å². The van der Waals surface area contributed by atoms with Crippen molar-refractivity contribution in [1.29, 1.82) is 0 Å². The van der Waals surface area contributed by atoms with Crippen LogP contribution >= 0.6 is 21.6 Å². The minimum absolute atomic E-state index is 0.00271. The van der Waals surface area contributed by atoms with E-state index in [1.165, 1.54) is 29.9 Å². The molecule has 2 aliphatic heterocycles. The van der Waals surface area contributed by atoms with Gasteiger partial charge in [0.2, 0.25) is 12.0 Å². The molecule has 4 bridgehead atoms. The van der Waals surface area contributed by atoms with Crippen LogP contribution < -0.4 is 14.8 Å². The van der Waals surface area contributed by atoms with Gasteiger partial charge in [-0.25, -0.2) is 0 Å². The van der Waals surface area contributed by atoms with Crippen molar-refractivity contribution in [3.05, 3.63) is 36.1 Å². The summed E-state index contributed by atoms with van der Waals surface area (Å²) in [5.41, 5.74) is -5.46. The van der Waals surface area contributed by atoms with Crippen LogP contribution in [0.4, 0.5) is 0 Å². The predicted molar refractivity (Wildman–Crippen MR) is 219 cm³/mol. The van der Waals surface area contributed by atoms with Gasteiger partial charge in [-0.1, -0.05) is 60.4 Å². The van der Waals surface area contributed by atoms with E-state index in [-0.39, 0.29) is 66.4 Å². The molecule has 13 nitrogen and oxygen atoms in total. The van der Waals surface area contributed by atoms with Gasteiger partial charge in [-0.2, -0.15) is 0 Å². The van der Waals surface area contributed by atoms with Crippen LogP contribution in [0.1, 0.15) is 77.7 Å². The molecule has 4 fully saturated rings. The highest BCUT2D eigenvalue weighted by Gasteiger charge is 2.77. The predicted octanol–water partition coefficient (Wildman–Crippen LogP) is 4.12. The van der Waals surface area contributed by atoms with Gasteiger partial charge >= 0.3 is 5.97 Å². The standard InChI is InChI=1S/C43H61NO12S2/c1-4-52-32(48)10-8-25-17-26-11-15-53-34(26)36-35(25)55-39-43(51)33-27(7-9-31(47)29(33)21-45)20-42(50,38(43)49)41(22-46,56-39)23-57-58-37-30(44-14-16-54-36)18-28(24(2)3)19-40(37)12-5-6-13-40/h7,9,11,15,17,24,27-31,33,37-39,44-47,49-51H,4-6,8,10,12-14,16,18-23H2,1-3H3/t27-,28+,29-,30-,31+,33+,37-,38-,39-,41-,42-,43-/m0/s1. The molecule has 12 atom stereocenters. The average molecular weight is 848 g/mol. The molecule has 2 aromatic rings. The number of ether oxygens (including phenoxy) is 4. The Morgan fingerprint density at radius 1 is 1.10 bits per heavy atom. The molecule has 15 heteroatoms. The Morgan fingerprint density at radius 2 is 1.90 bits per heavy atom. The topological polar surface area (TPSA) is 201 Å². The van der Waals surface area contributed by atoms with Crippen molar-refractivity contribution in [2.75, 3.05) is 38.7 Å².